The van der Waals surface area contributed by atoms with Crippen molar-refractivity contribution in [2.75, 3.05) is 6.54 Å². The quantitative estimate of drug-likeness (QED) is 0.797. The molecule has 0 saturated carbocycles. The average molecular weight is 298 g/mol. The van der Waals surface area contributed by atoms with Gasteiger partial charge in [-0.1, -0.05) is 11.6 Å². The zero-order valence-electron chi connectivity index (χ0n) is 10.5. The van der Waals surface area contributed by atoms with Gasteiger partial charge in [-0.15, -0.1) is 0 Å². The van der Waals surface area contributed by atoms with Crippen molar-refractivity contribution in [1.82, 2.24) is 4.31 Å². The highest BCUT2D eigenvalue weighted by atomic mass is 35.5. The maximum Gasteiger partial charge on any atom is 0.245 e. The minimum atomic E-state index is -3.85. The van der Waals surface area contributed by atoms with E-state index >= 15 is 0 Å². The monoisotopic (exact) mass is 297 g/mol. The molecular weight excluding hydrogens is 286 g/mol. The summed E-state index contributed by atoms with van der Waals surface area (Å²) in [5.74, 6) is 0. The molecule has 1 aromatic rings. The van der Waals surface area contributed by atoms with Crippen LogP contribution >= 0.6 is 11.6 Å². The van der Waals surface area contributed by atoms with Crippen LogP contribution in [-0.2, 0) is 10.0 Å². The predicted molar refractivity (Wildman–Crippen MR) is 70.8 cm³/mol. The van der Waals surface area contributed by atoms with Gasteiger partial charge in [-0.25, -0.2) is 8.42 Å². The Labute approximate surface area is 117 Å². The number of hydrogen-bond acceptors (Lipinski definition) is 4. The number of sulfonamides is 1. The van der Waals surface area contributed by atoms with E-state index < -0.39 is 10.0 Å². The van der Waals surface area contributed by atoms with Crippen molar-refractivity contribution in [3.63, 3.8) is 0 Å². The van der Waals surface area contributed by atoms with Gasteiger partial charge in [0.15, 0.2) is 0 Å². The van der Waals surface area contributed by atoms with E-state index in [4.69, 9.17) is 22.1 Å². The Morgan fingerprint density at radius 3 is 2.42 bits per heavy atom. The number of nitrogens with zero attached hydrogens (tertiary/aromatic N) is 3. The predicted octanol–water partition coefficient (Wildman–Crippen LogP) is 2.13. The number of nitriles is 2. The molecular formula is C12H12ClN3O2S. The molecule has 7 heteroatoms. The van der Waals surface area contributed by atoms with E-state index in [9.17, 15) is 8.42 Å². The first-order valence-electron chi connectivity index (χ1n) is 5.43. The largest absolute Gasteiger partial charge is 0.245 e. The van der Waals surface area contributed by atoms with Crippen LogP contribution < -0.4 is 0 Å². The summed E-state index contributed by atoms with van der Waals surface area (Å²) >= 11 is 5.90. The standard InChI is InChI=1S/C12H12ClN3O2S/c1-9(2)16(6-5-14)19(17,18)12-4-3-10(8-15)7-11(12)13/h3-4,7,9H,6H2,1-2H3. The molecule has 0 aliphatic heterocycles. The van der Waals surface area contributed by atoms with E-state index in [1.807, 2.05) is 12.1 Å². The van der Waals surface area contributed by atoms with Crippen molar-refractivity contribution in [3.8, 4) is 12.1 Å². The summed E-state index contributed by atoms with van der Waals surface area (Å²) in [5, 5.41) is 17.4. The van der Waals surface area contributed by atoms with Gasteiger partial charge in [-0.2, -0.15) is 14.8 Å². The lowest BCUT2D eigenvalue weighted by molar-refractivity contribution is 0.385. The van der Waals surface area contributed by atoms with Crippen LogP contribution in [0.4, 0.5) is 0 Å². The first-order valence-corrected chi connectivity index (χ1v) is 7.24. The third kappa shape index (κ3) is 3.24. The van der Waals surface area contributed by atoms with Gasteiger partial charge in [0.2, 0.25) is 10.0 Å². The third-order valence-electron chi connectivity index (χ3n) is 2.45. The van der Waals surface area contributed by atoms with Gasteiger partial charge in [-0.05, 0) is 32.0 Å². The zero-order chi connectivity index (χ0) is 14.6. The second-order valence-corrected chi connectivity index (χ2v) is 6.33. The maximum atomic E-state index is 12.4. The number of hydrogen-bond donors (Lipinski definition) is 0. The van der Waals surface area contributed by atoms with Crippen LogP contribution in [0.3, 0.4) is 0 Å². The van der Waals surface area contributed by atoms with Crippen LogP contribution in [0.5, 0.6) is 0 Å². The van der Waals surface area contributed by atoms with Crippen molar-refractivity contribution < 1.29 is 8.42 Å². The average Bonchev–Trinajstić information content (AvgIpc) is 2.34. The third-order valence-corrected chi connectivity index (χ3v) is 4.95. The first kappa shape index (κ1) is 15.5. The van der Waals surface area contributed by atoms with Gasteiger partial charge in [0.25, 0.3) is 0 Å². The summed E-state index contributed by atoms with van der Waals surface area (Å²) in [6.07, 6.45) is 0. The molecule has 0 atom stereocenters. The van der Waals surface area contributed by atoms with Crippen molar-refractivity contribution in [3.05, 3.63) is 28.8 Å². The van der Waals surface area contributed by atoms with Gasteiger partial charge in [0.1, 0.15) is 11.4 Å². The van der Waals surface area contributed by atoms with Crippen molar-refractivity contribution >= 4 is 21.6 Å². The maximum absolute atomic E-state index is 12.4. The lowest BCUT2D eigenvalue weighted by atomic mass is 10.2. The van der Waals surface area contributed by atoms with Gasteiger partial charge in [-0.3, -0.25) is 0 Å². The summed E-state index contributed by atoms with van der Waals surface area (Å²) in [7, 11) is -3.85. The number of rotatable bonds is 4. The van der Waals surface area contributed by atoms with Crippen molar-refractivity contribution in [2.45, 2.75) is 24.8 Å². The minimum Gasteiger partial charge on any atom is -0.207 e. The Kier molecular flexibility index (Phi) is 4.90. The van der Waals surface area contributed by atoms with E-state index in [1.165, 1.54) is 18.2 Å². The zero-order valence-corrected chi connectivity index (χ0v) is 12.0. The molecule has 0 aromatic heterocycles. The van der Waals surface area contributed by atoms with Crippen LogP contribution in [0.1, 0.15) is 19.4 Å². The summed E-state index contributed by atoms with van der Waals surface area (Å²) in [5.41, 5.74) is 0.278. The Morgan fingerprint density at radius 1 is 1.37 bits per heavy atom. The fourth-order valence-electron chi connectivity index (χ4n) is 1.52. The molecule has 1 rings (SSSR count). The molecule has 0 saturated heterocycles. The SMILES string of the molecule is CC(C)N(CC#N)S(=O)(=O)c1ccc(C#N)cc1Cl. The number of halogens is 1. The Bertz CT molecular complexity index is 657. The molecule has 19 heavy (non-hydrogen) atoms. The Hall–Kier alpha value is -1.60. The molecule has 0 aliphatic rings. The highest BCUT2D eigenvalue weighted by Gasteiger charge is 2.28. The van der Waals surface area contributed by atoms with Crippen LogP contribution in [0.25, 0.3) is 0 Å². The lowest BCUT2D eigenvalue weighted by Gasteiger charge is -2.23. The molecule has 0 aliphatic carbocycles. The van der Waals surface area contributed by atoms with E-state index in [2.05, 4.69) is 0 Å². The molecule has 1 aromatic carbocycles. The van der Waals surface area contributed by atoms with E-state index in [0.29, 0.717) is 0 Å². The van der Waals surface area contributed by atoms with E-state index in [0.717, 1.165) is 4.31 Å². The lowest BCUT2D eigenvalue weighted by Crippen LogP contribution is -2.37. The van der Waals surface area contributed by atoms with Gasteiger partial charge >= 0.3 is 0 Å². The van der Waals surface area contributed by atoms with E-state index in [1.54, 1.807) is 13.8 Å². The summed E-state index contributed by atoms with van der Waals surface area (Å²) in [6, 6.07) is 7.28. The summed E-state index contributed by atoms with van der Waals surface area (Å²) in [4.78, 5) is -0.0999. The fourth-order valence-corrected chi connectivity index (χ4v) is 3.57. The van der Waals surface area contributed by atoms with Crippen LogP contribution in [0.2, 0.25) is 5.02 Å². The molecule has 100 valence electrons. The second kappa shape index (κ2) is 6.03. The fraction of sp³-hybridized carbons (Fsp3) is 0.333. The Morgan fingerprint density at radius 2 is 2.00 bits per heavy atom. The van der Waals surface area contributed by atoms with Crippen LogP contribution in [-0.4, -0.2) is 25.3 Å². The molecule has 0 heterocycles. The van der Waals surface area contributed by atoms with Gasteiger partial charge in [0, 0.05) is 6.04 Å². The van der Waals surface area contributed by atoms with Gasteiger partial charge < -0.3 is 0 Å². The molecule has 0 spiro atoms. The van der Waals surface area contributed by atoms with Crippen molar-refractivity contribution in [2.24, 2.45) is 0 Å². The Balaban J connectivity index is 3.35. The van der Waals surface area contributed by atoms with Gasteiger partial charge in [0.05, 0.1) is 22.7 Å². The number of benzene rings is 1. The first-order chi connectivity index (χ1) is 8.84. The van der Waals surface area contributed by atoms with E-state index in [-0.39, 0.29) is 28.1 Å². The molecule has 0 radical (unpaired) electrons. The topological polar surface area (TPSA) is 85.0 Å². The minimum absolute atomic E-state index is 0.0253. The molecule has 0 unspecified atom stereocenters. The molecule has 5 nitrogen and oxygen atoms in total. The van der Waals surface area contributed by atoms with Crippen LogP contribution in [0, 0.1) is 22.7 Å². The van der Waals surface area contributed by atoms with Crippen molar-refractivity contribution in [1.29, 1.82) is 10.5 Å². The highest BCUT2D eigenvalue weighted by Crippen LogP contribution is 2.26. The smallest absolute Gasteiger partial charge is 0.207 e. The summed E-state index contributed by atoms with van der Waals surface area (Å²) < 4.78 is 25.8. The second-order valence-electron chi connectivity index (χ2n) is 4.06. The molecule has 0 amide bonds. The normalized spacial score (nSPS) is 11.3. The molecule has 0 N–H and O–H groups in total. The van der Waals surface area contributed by atoms with Crippen LogP contribution in [0.15, 0.2) is 23.1 Å². The summed E-state index contributed by atoms with van der Waals surface area (Å²) in [6.45, 7) is 3.09. The molecule has 0 fully saturated rings. The highest BCUT2D eigenvalue weighted by molar-refractivity contribution is 7.89. The molecule has 0 bridgehead atoms.